The number of benzene rings is 1. The van der Waals surface area contributed by atoms with Crippen LogP contribution in [0.15, 0.2) is 47.8 Å². The molecular weight excluding hydrogens is 324 g/mol. The van der Waals surface area contributed by atoms with Gasteiger partial charge in [-0.3, -0.25) is 0 Å². The summed E-state index contributed by atoms with van der Waals surface area (Å²) in [5, 5.41) is 16.6. The van der Waals surface area contributed by atoms with Crippen LogP contribution in [-0.4, -0.2) is 37.4 Å². The zero-order valence-electron chi connectivity index (χ0n) is 13.6. The standard InChI is InChI=1S/C18H24N2O3S/c21-11-12-23-16(17-9-5-13-24-17)14-20-18(22)19-10-4-8-15-6-2-1-3-7-15/h1-3,5-7,9,13,16,21H,4,8,10-12,14H2,(H2,19,20,22). The number of aliphatic hydroxyl groups excluding tert-OH is 1. The Morgan fingerprint density at radius 2 is 2.00 bits per heavy atom. The van der Waals surface area contributed by atoms with E-state index in [4.69, 9.17) is 9.84 Å². The van der Waals surface area contributed by atoms with Crippen LogP contribution in [0.3, 0.4) is 0 Å². The largest absolute Gasteiger partial charge is 0.394 e. The predicted octanol–water partition coefficient (Wildman–Crippen LogP) is 2.73. The molecule has 0 spiro atoms. The van der Waals surface area contributed by atoms with Crippen molar-refractivity contribution in [1.82, 2.24) is 10.6 Å². The fraction of sp³-hybridized carbons (Fsp3) is 0.389. The third-order valence-electron chi connectivity index (χ3n) is 3.49. The smallest absolute Gasteiger partial charge is 0.314 e. The van der Waals surface area contributed by atoms with E-state index in [1.54, 1.807) is 11.3 Å². The van der Waals surface area contributed by atoms with Gasteiger partial charge in [0.1, 0.15) is 6.10 Å². The highest BCUT2D eigenvalue weighted by molar-refractivity contribution is 7.10. The zero-order chi connectivity index (χ0) is 17.0. The van der Waals surface area contributed by atoms with Crippen LogP contribution >= 0.6 is 11.3 Å². The van der Waals surface area contributed by atoms with E-state index in [2.05, 4.69) is 22.8 Å². The molecule has 2 rings (SSSR count). The van der Waals surface area contributed by atoms with E-state index in [-0.39, 0.29) is 25.3 Å². The fourth-order valence-corrected chi connectivity index (χ4v) is 3.07. The number of thiophene rings is 1. The van der Waals surface area contributed by atoms with Crippen molar-refractivity contribution in [3.8, 4) is 0 Å². The van der Waals surface area contributed by atoms with Gasteiger partial charge in [-0.2, -0.15) is 0 Å². The van der Waals surface area contributed by atoms with E-state index < -0.39 is 0 Å². The highest BCUT2D eigenvalue weighted by Crippen LogP contribution is 2.21. The molecule has 24 heavy (non-hydrogen) atoms. The monoisotopic (exact) mass is 348 g/mol. The number of amides is 2. The summed E-state index contributed by atoms with van der Waals surface area (Å²) < 4.78 is 5.59. The summed E-state index contributed by atoms with van der Waals surface area (Å²) in [7, 11) is 0. The maximum atomic E-state index is 11.9. The molecule has 0 saturated heterocycles. The molecule has 1 aromatic heterocycles. The highest BCUT2D eigenvalue weighted by atomic mass is 32.1. The Balaban J connectivity index is 1.65. The number of urea groups is 1. The summed E-state index contributed by atoms with van der Waals surface area (Å²) in [5.74, 6) is 0. The topological polar surface area (TPSA) is 70.6 Å². The van der Waals surface area contributed by atoms with Crippen molar-refractivity contribution in [2.75, 3.05) is 26.3 Å². The van der Waals surface area contributed by atoms with Crippen molar-refractivity contribution in [2.24, 2.45) is 0 Å². The Hall–Kier alpha value is -1.89. The van der Waals surface area contributed by atoms with Crippen LogP contribution in [0.25, 0.3) is 0 Å². The van der Waals surface area contributed by atoms with Gasteiger partial charge < -0.3 is 20.5 Å². The average Bonchev–Trinajstić information content (AvgIpc) is 3.14. The van der Waals surface area contributed by atoms with Crippen molar-refractivity contribution in [2.45, 2.75) is 18.9 Å². The van der Waals surface area contributed by atoms with Gasteiger partial charge in [-0.1, -0.05) is 36.4 Å². The number of rotatable bonds is 10. The minimum absolute atomic E-state index is 0.0342. The summed E-state index contributed by atoms with van der Waals surface area (Å²) >= 11 is 1.57. The number of carbonyl (C=O) groups is 1. The van der Waals surface area contributed by atoms with Crippen molar-refractivity contribution >= 4 is 17.4 Å². The Bertz CT molecular complexity index is 575. The first kappa shape index (κ1) is 18.4. The van der Waals surface area contributed by atoms with Crippen LogP contribution in [-0.2, 0) is 11.2 Å². The minimum atomic E-state index is -0.229. The summed E-state index contributed by atoms with van der Waals surface area (Å²) in [6, 6.07) is 13.9. The third-order valence-corrected chi connectivity index (χ3v) is 4.45. The maximum Gasteiger partial charge on any atom is 0.314 e. The van der Waals surface area contributed by atoms with E-state index in [0.717, 1.165) is 17.7 Å². The molecule has 130 valence electrons. The molecule has 5 nitrogen and oxygen atoms in total. The number of carbonyl (C=O) groups excluding carboxylic acids is 1. The van der Waals surface area contributed by atoms with Crippen molar-refractivity contribution in [3.63, 3.8) is 0 Å². The van der Waals surface area contributed by atoms with Crippen LogP contribution in [0.4, 0.5) is 4.79 Å². The normalized spacial score (nSPS) is 11.9. The SMILES string of the molecule is O=C(NCCCc1ccccc1)NCC(OCCO)c1cccs1. The van der Waals surface area contributed by atoms with Crippen LogP contribution in [0, 0.1) is 0 Å². The van der Waals surface area contributed by atoms with Crippen molar-refractivity contribution in [3.05, 3.63) is 58.3 Å². The van der Waals surface area contributed by atoms with Gasteiger partial charge in [-0.05, 0) is 29.9 Å². The number of aliphatic hydroxyl groups is 1. The number of ether oxygens (including phenoxy) is 1. The molecule has 0 bridgehead atoms. The first-order valence-corrected chi connectivity index (χ1v) is 8.99. The Labute approximate surface area is 146 Å². The molecule has 2 amide bonds. The van der Waals surface area contributed by atoms with Gasteiger partial charge >= 0.3 is 6.03 Å². The number of aryl methyl sites for hydroxylation is 1. The molecule has 1 aromatic carbocycles. The molecule has 3 N–H and O–H groups in total. The molecule has 0 radical (unpaired) electrons. The Kier molecular flexibility index (Phi) is 8.31. The molecule has 0 aliphatic carbocycles. The average molecular weight is 348 g/mol. The number of nitrogens with one attached hydrogen (secondary N) is 2. The molecule has 2 aromatic rings. The second kappa shape index (κ2) is 10.8. The first-order chi connectivity index (χ1) is 11.8. The van der Waals surface area contributed by atoms with Gasteiger partial charge in [0.2, 0.25) is 0 Å². The summed E-state index contributed by atoms with van der Waals surface area (Å²) in [4.78, 5) is 12.9. The number of hydrogen-bond donors (Lipinski definition) is 3. The van der Waals surface area contributed by atoms with E-state index >= 15 is 0 Å². The molecule has 1 heterocycles. The lowest BCUT2D eigenvalue weighted by Crippen LogP contribution is -2.38. The van der Waals surface area contributed by atoms with Crippen LogP contribution in [0.5, 0.6) is 0 Å². The Morgan fingerprint density at radius 1 is 1.17 bits per heavy atom. The van der Waals surface area contributed by atoms with Crippen LogP contribution in [0.2, 0.25) is 0 Å². The first-order valence-electron chi connectivity index (χ1n) is 8.11. The van der Waals surface area contributed by atoms with Gasteiger partial charge in [0, 0.05) is 11.4 Å². The van der Waals surface area contributed by atoms with E-state index in [1.807, 2.05) is 35.7 Å². The lowest BCUT2D eigenvalue weighted by Gasteiger charge is -2.17. The zero-order valence-corrected chi connectivity index (χ0v) is 14.4. The fourth-order valence-electron chi connectivity index (χ4n) is 2.30. The summed E-state index contributed by atoms with van der Waals surface area (Å²) in [6.45, 7) is 1.23. The molecular formula is C18H24N2O3S. The van der Waals surface area contributed by atoms with E-state index in [1.165, 1.54) is 5.56 Å². The maximum absolute atomic E-state index is 11.9. The van der Waals surface area contributed by atoms with Gasteiger partial charge in [-0.25, -0.2) is 4.79 Å². The van der Waals surface area contributed by atoms with Gasteiger partial charge in [0.25, 0.3) is 0 Å². The summed E-state index contributed by atoms with van der Waals surface area (Å²) in [6.07, 6.45) is 1.61. The van der Waals surface area contributed by atoms with Gasteiger partial charge in [0.05, 0.1) is 19.8 Å². The van der Waals surface area contributed by atoms with Crippen LogP contribution < -0.4 is 10.6 Å². The summed E-state index contributed by atoms with van der Waals surface area (Å²) in [5.41, 5.74) is 1.27. The van der Waals surface area contributed by atoms with Crippen LogP contribution in [0.1, 0.15) is 23.0 Å². The molecule has 0 saturated carbocycles. The molecule has 0 fully saturated rings. The van der Waals surface area contributed by atoms with Gasteiger partial charge in [0.15, 0.2) is 0 Å². The van der Waals surface area contributed by atoms with Crippen molar-refractivity contribution in [1.29, 1.82) is 0 Å². The second-order valence-electron chi connectivity index (χ2n) is 5.32. The van der Waals surface area contributed by atoms with Crippen molar-refractivity contribution < 1.29 is 14.6 Å². The molecule has 1 unspecified atom stereocenters. The second-order valence-corrected chi connectivity index (χ2v) is 6.30. The molecule has 0 aliphatic rings. The lowest BCUT2D eigenvalue weighted by atomic mass is 10.1. The lowest BCUT2D eigenvalue weighted by molar-refractivity contribution is 0.0314. The van der Waals surface area contributed by atoms with E-state index in [0.29, 0.717) is 13.1 Å². The third kappa shape index (κ3) is 6.70. The molecule has 6 heteroatoms. The predicted molar refractivity (Wildman–Crippen MR) is 96.3 cm³/mol. The van der Waals surface area contributed by atoms with Gasteiger partial charge in [-0.15, -0.1) is 11.3 Å². The Morgan fingerprint density at radius 3 is 2.71 bits per heavy atom. The quantitative estimate of drug-likeness (QED) is 0.578. The highest BCUT2D eigenvalue weighted by Gasteiger charge is 2.14. The number of hydrogen-bond acceptors (Lipinski definition) is 4. The van der Waals surface area contributed by atoms with E-state index in [9.17, 15) is 4.79 Å². The minimum Gasteiger partial charge on any atom is -0.394 e. The molecule has 1 atom stereocenters. The molecule has 0 aliphatic heterocycles.